The summed E-state index contributed by atoms with van der Waals surface area (Å²) in [6.45, 7) is 0. The van der Waals surface area contributed by atoms with E-state index in [1.54, 1.807) is 0 Å². The van der Waals surface area contributed by atoms with E-state index in [1.165, 1.54) is 0 Å². The van der Waals surface area contributed by atoms with Crippen LogP contribution in [0.1, 0.15) is 0 Å². The molecule has 0 fully saturated rings. The topological polar surface area (TPSA) is 143 Å². The Balaban J connectivity index is -0.000000240. The summed E-state index contributed by atoms with van der Waals surface area (Å²) >= 11 is 0. The average molecular weight is 332 g/mol. The molecule has 0 amide bonds. The van der Waals surface area contributed by atoms with E-state index < -0.39 is 10.7 Å². The van der Waals surface area contributed by atoms with Gasteiger partial charge in [-0.2, -0.15) is 0 Å². The second-order valence-corrected chi connectivity index (χ2v) is 7.42. The van der Waals surface area contributed by atoms with E-state index in [-0.39, 0.29) is 154 Å². The molecule has 0 radical (unpaired) electrons. The average Bonchev–Trinajstić information content (AvgIpc) is 2.26. The number of rotatable bonds is 0. The van der Waals surface area contributed by atoms with Crippen LogP contribution in [-0.4, -0.2) is 154 Å². The molecule has 0 unspecified atom stereocenters. The third-order valence-electron chi connectivity index (χ3n) is 1.19. The second kappa shape index (κ2) is 8.52. The summed E-state index contributed by atoms with van der Waals surface area (Å²) in [7, 11) is -6.17. The van der Waals surface area contributed by atoms with Crippen molar-refractivity contribution in [3.63, 3.8) is 0 Å². The van der Waals surface area contributed by atoms with E-state index >= 15 is 0 Å². The van der Waals surface area contributed by atoms with Crippen molar-refractivity contribution in [1.29, 1.82) is 31.6 Å². The zero-order valence-corrected chi connectivity index (χ0v) is 7.14. The fourth-order valence-corrected chi connectivity index (χ4v) is 1.09. The first-order chi connectivity index (χ1) is 5.97. The molecule has 10 heteroatoms. The summed E-state index contributed by atoms with van der Waals surface area (Å²) in [5.74, 6) is 0. The van der Waals surface area contributed by atoms with Gasteiger partial charge in [0.05, 0.1) is 0 Å². The van der Waals surface area contributed by atoms with Crippen molar-refractivity contribution >= 4 is 154 Å². The summed E-state index contributed by atoms with van der Waals surface area (Å²) in [6.07, 6.45) is 0. The molecule has 16 heavy (non-hydrogen) atoms. The molecule has 0 aliphatic rings. The number of hydrogen-bond donors (Lipinski definition) is 0. The first-order valence-corrected chi connectivity index (χ1v) is 5.71. The molecule has 0 N–H and O–H groups in total. The Bertz CT molecular complexity index is 398. The van der Waals surface area contributed by atoms with E-state index in [4.69, 9.17) is 31.6 Å². The van der Waals surface area contributed by atoms with Crippen molar-refractivity contribution in [2.75, 3.05) is 0 Å². The maximum atomic E-state index is 8.58. The molecular formula is C6H3FeK3N6. The Kier molecular flexibility index (Phi) is 14.3. The molecule has 68 valence electrons. The molecule has 0 heterocycles. The third kappa shape index (κ3) is 3.69. The Hall–Kier alpha value is 2.37. The summed E-state index contributed by atoms with van der Waals surface area (Å²) in [5, 5.41) is 51.5. The van der Waals surface area contributed by atoms with Gasteiger partial charge in [0, 0.05) is 0 Å². The predicted molar refractivity (Wildman–Crippen MR) is 55.1 cm³/mol. The molecule has 0 aromatic carbocycles. The molecule has 0 atom stereocenters. The number of hydrogen-bond acceptors (Lipinski definition) is 6. The molecule has 0 rings (SSSR count). The molecule has 0 aromatic rings. The van der Waals surface area contributed by atoms with Crippen LogP contribution < -0.4 is 0 Å². The van der Waals surface area contributed by atoms with E-state index in [9.17, 15) is 0 Å². The Morgan fingerprint density at radius 1 is 0.438 bits per heavy atom. The van der Waals surface area contributed by atoms with E-state index in [1.807, 2.05) is 0 Å². The standard InChI is InChI=1S/6CN.Fe.3K.3H/c6*1-2;;;;;;;. The predicted octanol–water partition coefficient (Wildman–Crippen LogP) is -1.85. The van der Waals surface area contributed by atoms with Crippen molar-refractivity contribution in [3.05, 3.63) is 0 Å². The van der Waals surface area contributed by atoms with Crippen LogP contribution in [-0.2, 0) is 10.7 Å². The van der Waals surface area contributed by atoms with Crippen LogP contribution in [0, 0.1) is 61.4 Å². The van der Waals surface area contributed by atoms with Gasteiger partial charge in [-0.25, -0.2) is 0 Å². The fraction of sp³-hybridized carbons (Fsp3) is 0. The van der Waals surface area contributed by atoms with Gasteiger partial charge in [0.25, 0.3) is 0 Å². The molecule has 6 nitrogen and oxygen atoms in total. The first-order valence-electron chi connectivity index (χ1n) is 2.40. The van der Waals surface area contributed by atoms with Crippen LogP contribution in [0.2, 0.25) is 0 Å². The summed E-state index contributed by atoms with van der Waals surface area (Å²) < 4.78 is 0. The van der Waals surface area contributed by atoms with Gasteiger partial charge >= 0.3 is 226 Å². The van der Waals surface area contributed by atoms with Gasteiger partial charge < -0.3 is 0 Å². The second-order valence-electron chi connectivity index (χ2n) is 1.80. The van der Waals surface area contributed by atoms with Crippen LogP contribution in [0.3, 0.4) is 0 Å². The molecule has 0 saturated heterocycles. The quantitative estimate of drug-likeness (QED) is 0.477. The Labute approximate surface area is 219 Å². The molecule has 0 aliphatic heterocycles. The molecule has 0 saturated carbocycles. The van der Waals surface area contributed by atoms with Crippen molar-refractivity contribution in [1.82, 2.24) is 0 Å². The van der Waals surface area contributed by atoms with Crippen LogP contribution in [0.15, 0.2) is 0 Å². The van der Waals surface area contributed by atoms with Crippen LogP contribution >= 0.6 is 0 Å². The summed E-state index contributed by atoms with van der Waals surface area (Å²) in [6, 6.07) is 0. The molecular weight excluding hydrogens is 329 g/mol. The van der Waals surface area contributed by atoms with Crippen LogP contribution in [0.25, 0.3) is 0 Å². The van der Waals surface area contributed by atoms with Crippen molar-refractivity contribution < 1.29 is 10.7 Å². The zero-order valence-electron chi connectivity index (χ0n) is 6.04. The molecule has 0 spiro atoms. The van der Waals surface area contributed by atoms with E-state index in [2.05, 4.69) is 0 Å². The van der Waals surface area contributed by atoms with Gasteiger partial charge in [-0.15, -0.1) is 0 Å². The van der Waals surface area contributed by atoms with Gasteiger partial charge in [0.1, 0.15) is 0 Å². The fourth-order valence-electron chi connectivity index (χ4n) is 0.265. The zero-order chi connectivity index (χ0) is 10.7. The summed E-state index contributed by atoms with van der Waals surface area (Å²) in [5.41, 5.74) is 0. The monoisotopic (exact) mass is 332 g/mol. The molecule has 0 aromatic heterocycles. The van der Waals surface area contributed by atoms with Gasteiger partial charge in [-0.3, -0.25) is 0 Å². The van der Waals surface area contributed by atoms with Crippen molar-refractivity contribution in [2.45, 2.75) is 0 Å². The normalized spacial score (nSPS) is 10.9. The number of nitriles is 6. The Morgan fingerprint density at radius 2 is 0.562 bits per heavy atom. The van der Waals surface area contributed by atoms with Gasteiger partial charge in [-0.05, 0) is 0 Å². The van der Waals surface area contributed by atoms with Crippen molar-refractivity contribution in [3.8, 4) is 29.8 Å². The summed E-state index contributed by atoms with van der Waals surface area (Å²) in [4.78, 5) is 6.19. The van der Waals surface area contributed by atoms with Crippen molar-refractivity contribution in [2.24, 2.45) is 0 Å². The first kappa shape index (κ1) is 26.8. The Morgan fingerprint density at radius 3 is 0.562 bits per heavy atom. The number of nitrogens with zero attached hydrogens (tertiary/aromatic N) is 6. The minimum absolute atomic E-state index is 0. The minimum atomic E-state index is -6.17. The molecule has 0 aliphatic carbocycles. The SMILES string of the molecule is N#[C][Fe]([C]#N)([C]#N)([C]#N)([C]#N)[C]#N.[KH].[KH].[KH]. The van der Waals surface area contributed by atoms with Gasteiger partial charge in [-0.1, -0.05) is 0 Å². The molecule has 0 bridgehead atoms. The van der Waals surface area contributed by atoms with E-state index in [0.29, 0.717) is 0 Å². The van der Waals surface area contributed by atoms with Crippen LogP contribution in [0.4, 0.5) is 0 Å². The van der Waals surface area contributed by atoms with Gasteiger partial charge in [0.2, 0.25) is 0 Å². The van der Waals surface area contributed by atoms with E-state index in [0.717, 1.165) is 29.8 Å². The van der Waals surface area contributed by atoms with Crippen LogP contribution in [0.5, 0.6) is 0 Å². The maximum absolute atomic E-state index is 8.58. The van der Waals surface area contributed by atoms with Gasteiger partial charge in [0.15, 0.2) is 0 Å². The third-order valence-corrected chi connectivity index (χ3v) is 4.89.